The summed E-state index contributed by atoms with van der Waals surface area (Å²) in [7, 11) is 0. The Morgan fingerprint density at radius 3 is 2.67 bits per heavy atom. The second-order valence-electron chi connectivity index (χ2n) is 4.28. The minimum absolute atomic E-state index is 0.0791. The summed E-state index contributed by atoms with van der Waals surface area (Å²) >= 11 is 0. The Morgan fingerprint density at radius 2 is 2.06 bits per heavy atom. The van der Waals surface area contributed by atoms with Crippen LogP contribution >= 0.6 is 0 Å². The lowest BCUT2D eigenvalue weighted by atomic mass is 10.4. The van der Waals surface area contributed by atoms with E-state index in [2.05, 4.69) is 25.8 Å². The fraction of sp³-hybridized carbons (Fsp3) is 0.636. The van der Waals surface area contributed by atoms with E-state index < -0.39 is 0 Å². The molecule has 7 nitrogen and oxygen atoms in total. The van der Waals surface area contributed by atoms with E-state index in [1.165, 1.54) is 0 Å². The highest BCUT2D eigenvalue weighted by atomic mass is 16.2. The molecule has 0 spiro atoms. The Bertz CT molecular complexity index is 438. The summed E-state index contributed by atoms with van der Waals surface area (Å²) in [6.45, 7) is 2.75. The first-order valence-electron chi connectivity index (χ1n) is 6.18. The second kappa shape index (κ2) is 5.61. The highest BCUT2D eigenvalue weighted by molar-refractivity contribution is 5.90. The molecule has 1 aliphatic carbocycles. The average molecular weight is 251 g/mol. The highest BCUT2D eigenvalue weighted by Gasteiger charge is 2.29. The third-order valence-electron chi connectivity index (χ3n) is 2.73. The molecule has 18 heavy (non-hydrogen) atoms. The zero-order valence-electron chi connectivity index (χ0n) is 10.3. The van der Waals surface area contributed by atoms with Crippen LogP contribution in [0.5, 0.6) is 0 Å². The molecule has 1 aromatic heterocycles. The third kappa shape index (κ3) is 3.28. The number of nitrogens with zero attached hydrogens (tertiary/aromatic N) is 2. The first kappa shape index (κ1) is 12.5. The molecule has 0 saturated heterocycles. The van der Waals surface area contributed by atoms with Crippen molar-refractivity contribution in [2.24, 2.45) is 5.92 Å². The third-order valence-corrected chi connectivity index (χ3v) is 2.73. The van der Waals surface area contributed by atoms with Gasteiger partial charge in [0.15, 0.2) is 0 Å². The lowest BCUT2D eigenvalue weighted by molar-refractivity contribution is -0.122. The largest absolute Gasteiger partial charge is 0.354 e. The molecule has 2 amide bonds. The molecule has 1 heterocycles. The number of hydrogen-bond acceptors (Lipinski definition) is 4. The number of nitrogens with one attached hydrogen (secondary N) is 3. The van der Waals surface area contributed by atoms with Crippen molar-refractivity contribution in [3.8, 4) is 0 Å². The Morgan fingerprint density at radius 1 is 1.33 bits per heavy atom. The van der Waals surface area contributed by atoms with E-state index in [0.29, 0.717) is 25.3 Å². The van der Waals surface area contributed by atoms with Crippen molar-refractivity contribution in [3.05, 3.63) is 11.6 Å². The maximum Gasteiger partial charge on any atom is 0.291 e. The van der Waals surface area contributed by atoms with Gasteiger partial charge >= 0.3 is 0 Å². The SMILES string of the molecule is CCc1nc(C(=O)NCCNC(=O)C2CC2)n[nH]1. The first-order valence-corrected chi connectivity index (χ1v) is 6.18. The van der Waals surface area contributed by atoms with Gasteiger partial charge < -0.3 is 10.6 Å². The van der Waals surface area contributed by atoms with Crippen LogP contribution in [0.2, 0.25) is 0 Å². The molecule has 0 radical (unpaired) electrons. The molecule has 1 fully saturated rings. The van der Waals surface area contributed by atoms with Crippen molar-refractivity contribution in [1.29, 1.82) is 0 Å². The van der Waals surface area contributed by atoms with Crippen molar-refractivity contribution < 1.29 is 9.59 Å². The topological polar surface area (TPSA) is 99.8 Å². The van der Waals surface area contributed by atoms with Gasteiger partial charge in [0.2, 0.25) is 11.7 Å². The van der Waals surface area contributed by atoms with Crippen LogP contribution < -0.4 is 10.6 Å². The van der Waals surface area contributed by atoms with E-state index in [9.17, 15) is 9.59 Å². The summed E-state index contributed by atoms with van der Waals surface area (Å²) in [5.41, 5.74) is 0. The van der Waals surface area contributed by atoms with Crippen molar-refractivity contribution in [3.63, 3.8) is 0 Å². The molecule has 0 aromatic carbocycles. The number of H-pyrrole nitrogens is 1. The molecule has 0 bridgehead atoms. The number of carbonyl (C=O) groups excluding carboxylic acids is 2. The minimum Gasteiger partial charge on any atom is -0.354 e. The van der Waals surface area contributed by atoms with Gasteiger partial charge in [-0.25, -0.2) is 4.98 Å². The summed E-state index contributed by atoms with van der Waals surface area (Å²) < 4.78 is 0. The van der Waals surface area contributed by atoms with Crippen LogP contribution in [0.3, 0.4) is 0 Å². The number of aryl methyl sites for hydroxylation is 1. The smallest absolute Gasteiger partial charge is 0.291 e. The summed E-state index contributed by atoms with van der Waals surface area (Å²) in [6.07, 6.45) is 2.67. The Hall–Kier alpha value is -1.92. The number of hydrogen-bond donors (Lipinski definition) is 3. The van der Waals surface area contributed by atoms with Crippen LogP contribution in [0.1, 0.15) is 36.2 Å². The monoisotopic (exact) mass is 251 g/mol. The molecule has 0 unspecified atom stereocenters. The summed E-state index contributed by atoms with van der Waals surface area (Å²) in [5, 5.41) is 11.9. The molecule has 98 valence electrons. The molecule has 2 rings (SSSR count). The van der Waals surface area contributed by atoms with Gasteiger partial charge in [-0.15, -0.1) is 5.10 Å². The van der Waals surface area contributed by atoms with Gasteiger partial charge in [0, 0.05) is 25.4 Å². The summed E-state index contributed by atoms with van der Waals surface area (Å²) in [4.78, 5) is 26.9. The van der Waals surface area contributed by atoms with E-state index in [1.54, 1.807) is 0 Å². The average Bonchev–Trinajstić information content (AvgIpc) is 3.12. The Balaban J connectivity index is 1.66. The van der Waals surface area contributed by atoms with Crippen LogP contribution in [-0.2, 0) is 11.2 Å². The predicted molar refractivity (Wildman–Crippen MR) is 63.8 cm³/mol. The van der Waals surface area contributed by atoms with Gasteiger partial charge in [-0.05, 0) is 12.8 Å². The van der Waals surface area contributed by atoms with Crippen molar-refractivity contribution in [2.45, 2.75) is 26.2 Å². The molecule has 0 aliphatic heterocycles. The molecule has 7 heteroatoms. The first-order chi connectivity index (χ1) is 8.70. The number of carbonyl (C=O) groups is 2. The molecule has 0 atom stereocenters. The number of aromatic amines is 1. The van der Waals surface area contributed by atoms with Crippen molar-refractivity contribution >= 4 is 11.8 Å². The van der Waals surface area contributed by atoms with E-state index in [4.69, 9.17) is 0 Å². The maximum atomic E-state index is 11.6. The second-order valence-corrected chi connectivity index (χ2v) is 4.28. The van der Waals surface area contributed by atoms with Gasteiger partial charge in [-0.2, -0.15) is 0 Å². The minimum atomic E-state index is -0.327. The number of amides is 2. The van der Waals surface area contributed by atoms with Gasteiger partial charge in [0.05, 0.1) is 0 Å². The lowest BCUT2D eigenvalue weighted by Gasteiger charge is -2.04. The molecule has 1 saturated carbocycles. The van der Waals surface area contributed by atoms with E-state index in [-0.39, 0.29) is 23.6 Å². The van der Waals surface area contributed by atoms with Gasteiger partial charge in [-0.1, -0.05) is 6.92 Å². The van der Waals surface area contributed by atoms with Crippen LogP contribution in [0.4, 0.5) is 0 Å². The predicted octanol–water partition coefficient (Wildman–Crippen LogP) is -0.377. The van der Waals surface area contributed by atoms with Gasteiger partial charge in [0.25, 0.3) is 5.91 Å². The Kier molecular flexibility index (Phi) is 3.91. The fourth-order valence-electron chi connectivity index (χ4n) is 1.49. The maximum absolute atomic E-state index is 11.6. The Labute approximate surface area is 105 Å². The van der Waals surface area contributed by atoms with Crippen LogP contribution in [-0.4, -0.2) is 40.1 Å². The summed E-state index contributed by atoms with van der Waals surface area (Å²) in [5.74, 6) is 0.769. The zero-order valence-corrected chi connectivity index (χ0v) is 10.3. The van der Waals surface area contributed by atoms with Crippen LogP contribution in [0, 0.1) is 5.92 Å². The fourth-order valence-corrected chi connectivity index (χ4v) is 1.49. The highest BCUT2D eigenvalue weighted by Crippen LogP contribution is 2.28. The van der Waals surface area contributed by atoms with Gasteiger partial charge in [-0.3, -0.25) is 14.7 Å². The van der Waals surface area contributed by atoms with E-state index in [0.717, 1.165) is 12.8 Å². The molecule has 1 aromatic rings. The molecular weight excluding hydrogens is 234 g/mol. The lowest BCUT2D eigenvalue weighted by Crippen LogP contribution is -2.35. The normalized spacial score (nSPS) is 14.3. The van der Waals surface area contributed by atoms with Crippen LogP contribution in [0.25, 0.3) is 0 Å². The van der Waals surface area contributed by atoms with E-state index in [1.807, 2.05) is 6.92 Å². The summed E-state index contributed by atoms with van der Waals surface area (Å²) in [6, 6.07) is 0. The van der Waals surface area contributed by atoms with Crippen LogP contribution in [0.15, 0.2) is 0 Å². The zero-order chi connectivity index (χ0) is 13.0. The quantitative estimate of drug-likeness (QED) is 0.600. The standard InChI is InChI=1S/C11H17N5O2/c1-2-8-14-9(16-15-8)11(18)13-6-5-12-10(17)7-3-4-7/h7H,2-6H2,1H3,(H,12,17)(H,13,18)(H,14,15,16). The van der Waals surface area contributed by atoms with Gasteiger partial charge in [0.1, 0.15) is 5.82 Å². The van der Waals surface area contributed by atoms with E-state index >= 15 is 0 Å². The van der Waals surface area contributed by atoms with Crippen molar-refractivity contribution in [1.82, 2.24) is 25.8 Å². The number of aromatic nitrogens is 3. The molecule has 1 aliphatic rings. The van der Waals surface area contributed by atoms with Crippen molar-refractivity contribution in [2.75, 3.05) is 13.1 Å². The number of rotatable bonds is 6. The molecule has 3 N–H and O–H groups in total. The molecular formula is C11H17N5O2.